The number of hydrogen-bond acceptors (Lipinski definition) is 5. The van der Waals surface area contributed by atoms with Gasteiger partial charge in [0.1, 0.15) is 5.82 Å². The average Bonchev–Trinajstić information content (AvgIpc) is 2.58. The SMILES string of the molecule is C=C(C)CN(C)CC(=O)N(C)c1c(N)n(Cc2ccccc2)c(=O)[nH]c1=O. The van der Waals surface area contributed by atoms with Crippen molar-refractivity contribution < 1.29 is 4.79 Å². The molecular formula is C19H25N5O3. The fraction of sp³-hybridized carbons (Fsp3) is 0.316. The van der Waals surface area contributed by atoms with Gasteiger partial charge in [0.15, 0.2) is 5.69 Å². The Morgan fingerprint density at radius 2 is 1.81 bits per heavy atom. The molecule has 0 aliphatic carbocycles. The molecule has 0 atom stereocenters. The van der Waals surface area contributed by atoms with E-state index in [0.717, 1.165) is 11.1 Å². The van der Waals surface area contributed by atoms with Gasteiger partial charge < -0.3 is 10.6 Å². The topological polar surface area (TPSA) is 104 Å². The van der Waals surface area contributed by atoms with E-state index in [1.165, 1.54) is 16.5 Å². The zero-order chi connectivity index (χ0) is 20.1. The van der Waals surface area contributed by atoms with E-state index in [4.69, 9.17) is 5.73 Å². The molecule has 0 spiro atoms. The second-order valence-corrected chi connectivity index (χ2v) is 6.65. The summed E-state index contributed by atoms with van der Waals surface area (Å²) in [6.45, 7) is 6.51. The lowest BCUT2D eigenvalue weighted by Gasteiger charge is -2.23. The van der Waals surface area contributed by atoms with Crippen LogP contribution in [0.5, 0.6) is 0 Å². The third-order valence-electron chi connectivity index (χ3n) is 4.05. The fourth-order valence-electron chi connectivity index (χ4n) is 2.80. The van der Waals surface area contributed by atoms with E-state index in [0.29, 0.717) is 6.54 Å². The van der Waals surface area contributed by atoms with Crippen LogP contribution in [0.15, 0.2) is 52.1 Å². The van der Waals surface area contributed by atoms with E-state index >= 15 is 0 Å². The number of carbonyl (C=O) groups excluding carboxylic acids is 1. The largest absolute Gasteiger partial charge is 0.383 e. The van der Waals surface area contributed by atoms with Gasteiger partial charge in [-0.1, -0.05) is 42.5 Å². The van der Waals surface area contributed by atoms with Gasteiger partial charge in [-0.05, 0) is 19.5 Å². The highest BCUT2D eigenvalue weighted by Gasteiger charge is 2.21. The highest BCUT2D eigenvalue weighted by atomic mass is 16.2. The summed E-state index contributed by atoms with van der Waals surface area (Å²) in [5, 5.41) is 0. The first kappa shape index (κ1) is 20.2. The second-order valence-electron chi connectivity index (χ2n) is 6.65. The van der Waals surface area contributed by atoms with Crippen molar-refractivity contribution in [1.29, 1.82) is 0 Å². The monoisotopic (exact) mass is 371 g/mol. The Morgan fingerprint density at radius 3 is 2.41 bits per heavy atom. The van der Waals surface area contributed by atoms with Gasteiger partial charge in [0.25, 0.3) is 5.56 Å². The molecule has 2 rings (SSSR count). The number of rotatable bonds is 7. The predicted molar refractivity (Wildman–Crippen MR) is 107 cm³/mol. The minimum atomic E-state index is -0.694. The van der Waals surface area contributed by atoms with Gasteiger partial charge in [0, 0.05) is 13.6 Å². The maximum absolute atomic E-state index is 12.6. The molecule has 0 bridgehead atoms. The molecule has 1 amide bonds. The first-order chi connectivity index (χ1) is 12.7. The number of nitrogens with one attached hydrogen (secondary N) is 1. The Morgan fingerprint density at radius 1 is 1.19 bits per heavy atom. The van der Waals surface area contributed by atoms with E-state index < -0.39 is 11.2 Å². The van der Waals surface area contributed by atoms with Crippen molar-refractivity contribution in [3.8, 4) is 0 Å². The third kappa shape index (κ3) is 4.95. The summed E-state index contributed by atoms with van der Waals surface area (Å²) in [4.78, 5) is 42.3. The van der Waals surface area contributed by atoms with Crippen molar-refractivity contribution in [3.63, 3.8) is 0 Å². The van der Waals surface area contributed by atoms with E-state index in [2.05, 4.69) is 11.6 Å². The summed E-state index contributed by atoms with van der Waals surface area (Å²) in [5.41, 5.74) is 6.51. The number of benzene rings is 1. The van der Waals surface area contributed by atoms with E-state index in [9.17, 15) is 14.4 Å². The molecule has 0 saturated carbocycles. The van der Waals surface area contributed by atoms with Crippen LogP contribution in [0.4, 0.5) is 11.5 Å². The van der Waals surface area contributed by atoms with Crippen LogP contribution in [0.1, 0.15) is 12.5 Å². The van der Waals surface area contributed by atoms with Gasteiger partial charge >= 0.3 is 5.69 Å². The normalized spacial score (nSPS) is 10.8. The molecule has 1 aromatic heterocycles. The molecule has 2 aromatic rings. The molecule has 8 heteroatoms. The molecule has 144 valence electrons. The Balaban J connectivity index is 2.34. The number of carbonyl (C=O) groups is 1. The van der Waals surface area contributed by atoms with Gasteiger partial charge in [0.05, 0.1) is 13.1 Å². The van der Waals surface area contributed by atoms with Crippen LogP contribution in [0, 0.1) is 0 Å². The van der Waals surface area contributed by atoms with Crippen molar-refractivity contribution in [1.82, 2.24) is 14.5 Å². The average molecular weight is 371 g/mol. The summed E-state index contributed by atoms with van der Waals surface area (Å²) in [6.07, 6.45) is 0. The number of aromatic amines is 1. The quantitative estimate of drug-likeness (QED) is 0.695. The summed E-state index contributed by atoms with van der Waals surface area (Å²) < 4.78 is 1.24. The number of anilines is 2. The van der Waals surface area contributed by atoms with E-state index in [-0.39, 0.29) is 30.5 Å². The van der Waals surface area contributed by atoms with Crippen LogP contribution >= 0.6 is 0 Å². The summed E-state index contributed by atoms with van der Waals surface area (Å²) >= 11 is 0. The highest BCUT2D eigenvalue weighted by Crippen LogP contribution is 2.16. The number of nitrogen functional groups attached to an aromatic ring is 1. The van der Waals surface area contributed by atoms with Crippen LogP contribution in [0.25, 0.3) is 0 Å². The molecule has 3 N–H and O–H groups in total. The highest BCUT2D eigenvalue weighted by molar-refractivity contribution is 5.96. The Labute approximate surface area is 157 Å². The van der Waals surface area contributed by atoms with E-state index in [1.54, 1.807) is 11.9 Å². The molecule has 0 radical (unpaired) electrons. The first-order valence-electron chi connectivity index (χ1n) is 8.46. The lowest BCUT2D eigenvalue weighted by atomic mass is 10.2. The Hall–Kier alpha value is -3.13. The number of nitrogens with two attached hydrogens (primary N) is 1. The van der Waals surface area contributed by atoms with Crippen LogP contribution < -0.4 is 21.9 Å². The smallest absolute Gasteiger partial charge is 0.330 e. The van der Waals surface area contributed by atoms with Crippen LogP contribution in [-0.4, -0.2) is 47.5 Å². The molecule has 0 fully saturated rings. The van der Waals surface area contributed by atoms with Crippen LogP contribution in [0.3, 0.4) is 0 Å². The fourth-order valence-corrected chi connectivity index (χ4v) is 2.80. The second kappa shape index (κ2) is 8.50. The number of H-pyrrole nitrogens is 1. The molecule has 8 nitrogen and oxygen atoms in total. The lowest BCUT2D eigenvalue weighted by molar-refractivity contribution is -0.119. The van der Waals surface area contributed by atoms with Crippen molar-refractivity contribution >= 4 is 17.4 Å². The van der Waals surface area contributed by atoms with Gasteiger partial charge in [-0.15, -0.1) is 0 Å². The molecule has 0 unspecified atom stereocenters. The minimum absolute atomic E-state index is 0.0424. The van der Waals surface area contributed by atoms with Gasteiger partial charge in [0.2, 0.25) is 5.91 Å². The van der Waals surface area contributed by atoms with Crippen molar-refractivity contribution in [3.05, 3.63) is 68.9 Å². The molecule has 0 aliphatic rings. The third-order valence-corrected chi connectivity index (χ3v) is 4.05. The van der Waals surface area contributed by atoms with Crippen LogP contribution in [0.2, 0.25) is 0 Å². The Bertz CT molecular complexity index is 946. The van der Waals surface area contributed by atoms with Gasteiger partial charge in [-0.2, -0.15) is 0 Å². The molecule has 1 heterocycles. The van der Waals surface area contributed by atoms with Crippen LogP contribution in [-0.2, 0) is 11.3 Å². The van der Waals surface area contributed by atoms with Crippen molar-refractivity contribution in [2.24, 2.45) is 0 Å². The maximum atomic E-state index is 12.6. The molecular weight excluding hydrogens is 346 g/mol. The van der Waals surface area contributed by atoms with Gasteiger partial charge in [-0.3, -0.25) is 24.0 Å². The first-order valence-corrected chi connectivity index (χ1v) is 8.46. The number of amides is 1. The zero-order valence-electron chi connectivity index (χ0n) is 15.9. The molecule has 1 aromatic carbocycles. The summed E-state index contributed by atoms with van der Waals surface area (Å²) in [5.74, 6) is -0.369. The molecule has 0 saturated heterocycles. The number of nitrogens with zero attached hydrogens (tertiary/aromatic N) is 3. The van der Waals surface area contributed by atoms with E-state index in [1.807, 2.05) is 37.3 Å². The number of likely N-dealkylation sites (N-methyl/N-ethyl adjacent to an activating group) is 2. The number of aromatic nitrogens is 2. The van der Waals surface area contributed by atoms with Gasteiger partial charge in [-0.25, -0.2) is 4.79 Å². The Kier molecular flexibility index (Phi) is 6.36. The van der Waals surface area contributed by atoms with Crippen molar-refractivity contribution in [2.45, 2.75) is 13.5 Å². The molecule has 0 aliphatic heterocycles. The minimum Gasteiger partial charge on any atom is -0.383 e. The summed E-state index contributed by atoms with van der Waals surface area (Å²) in [7, 11) is 3.25. The lowest BCUT2D eigenvalue weighted by Crippen LogP contribution is -2.42. The molecule has 27 heavy (non-hydrogen) atoms. The summed E-state index contributed by atoms with van der Waals surface area (Å²) in [6, 6.07) is 9.24. The maximum Gasteiger partial charge on any atom is 0.330 e. The standard InChI is InChI=1S/C19H25N5O3/c1-13(2)10-22(3)12-15(25)23(4)16-17(20)24(19(27)21-18(16)26)11-14-8-6-5-7-9-14/h5-9H,1,10-12,20H2,2-4H3,(H,21,26,27). The zero-order valence-corrected chi connectivity index (χ0v) is 15.9. The number of hydrogen-bond donors (Lipinski definition) is 2. The predicted octanol–water partition coefficient (Wildman–Crippen LogP) is 0.638. The van der Waals surface area contributed by atoms with Crippen molar-refractivity contribution in [2.75, 3.05) is 37.8 Å².